The van der Waals surface area contributed by atoms with Gasteiger partial charge in [-0.3, -0.25) is 0 Å². The van der Waals surface area contributed by atoms with E-state index in [0.29, 0.717) is 30.5 Å². The van der Waals surface area contributed by atoms with E-state index in [1.165, 1.54) is 5.56 Å². The fourth-order valence-corrected chi connectivity index (χ4v) is 2.14. The van der Waals surface area contributed by atoms with Gasteiger partial charge >= 0.3 is 0 Å². The van der Waals surface area contributed by atoms with Crippen LogP contribution >= 0.6 is 0 Å². The number of ether oxygens (including phenoxy) is 1. The van der Waals surface area contributed by atoms with Gasteiger partial charge in [-0.2, -0.15) is 4.98 Å². The summed E-state index contributed by atoms with van der Waals surface area (Å²) >= 11 is 0. The highest BCUT2D eigenvalue weighted by molar-refractivity contribution is 5.75. The number of hydrogen-bond donors (Lipinski definition) is 2. The van der Waals surface area contributed by atoms with Gasteiger partial charge in [0.1, 0.15) is 17.9 Å². The van der Waals surface area contributed by atoms with Crippen molar-refractivity contribution in [3.63, 3.8) is 0 Å². The molecule has 1 aromatic carbocycles. The number of nitrogens with zero attached hydrogens (tertiary/aromatic N) is 3. The molecule has 2 heterocycles. The number of nitrogens with two attached hydrogens (primary N) is 1. The van der Waals surface area contributed by atoms with E-state index < -0.39 is 0 Å². The first kappa shape index (κ1) is 13.5. The molecule has 0 spiro atoms. The number of fused-ring (bicyclic) bond motifs is 1. The average molecular weight is 283 g/mol. The SMILES string of the molecule is Cc1nc(OCc2ccc(CCN)cc2)c2[nH]cnc2n1. The molecule has 6 heteroatoms. The van der Waals surface area contributed by atoms with Crippen LogP contribution in [0.2, 0.25) is 0 Å². The molecule has 0 fully saturated rings. The molecule has 3 N–H and O–H groups in total. The van der Waals surface area contributed by atoms with Gasteiger partial charge < -0.3 is 15.5 Å². The lowest BCUT2D eigenvalue weighted by Crippen LogP contribution is -2.03. The Labute approximate surface area is 122 Å². The zero-order valence-corrected chi connectivity index (χ0v) is 11.8. The van der Waals surface area contributed by atoms with Crippen molar-refractivity contribution in [2.75, 3.05) is 6.54 Å². The third kappa shape index (κ3) is 3.00. The molecule has 0 saturated carbocycles. The Kier molecular flexibility index (Phi) is 3.79. The summed E-state index contributed by atoms with van der Waals surface area (Å²) in [6, 6.07) is 8.23. The molecule has 0 aliphatic rings. The highest BCUT2D eigenvalue weighted by Crippen LogP contribution is 2.20. The number of benzene rings is 1. The predicted molar refractivity (Wildman–Crippen MR) is 80.0 cm³/mol. The van der Waals surface area contributed by atoms with Crippen LogP contribution in [0.15, 0.2) is 30.6 Å². The second-order valence-corrected chi connectivity index (χ2v) is 4.82. The maximum atomic E-state index is 5.80. The largest absolute Gasteiger partial charge is 0.471 e. The first-order valence-corrected chi connectivity index (χ1v) is 6.84. The Morgan fingerprint density at radius 3 is 2.67 bits per heavy atom. The van der Waals surface area contributed by atoms with Crippen LogP contribution in [0.3, 0.4) is 0 Å². The van der Waals surface area contributed by atoms with Gasteiger partial charge in [-0.25, -0.2) is 9.97 Å². The maximum absolute atomic E-state index is 5.80. The van der Waals surface area contributed by atoms with Gasteiger partial charge in [-0.15, -0.1) is 0 Å². The van der Waals surface area contributed by atoms with Crippen molar-refractivity contribution in [3.8, 4) is 5.88 Å². The fraction of sp³-hybridized carbons (Fsp3) is 0.267. The van der Waals surface area contributed by atoms with E-state index in [9.17, 15) is 0 Å². The molecular formula is C15H17N5O. The smallest absolute Gasteiger partial charge is 0.243 e. The first-order chi connectivity index (χ1) is 10.3. The lowest BCUT2D eigenvalue weighted by molar-refractivity contribution is 0.296. The average Bonchev–Trinajstić information content (AvgIpc) is 2.94. The Morgan fingerprint density at radius 1 is 1.14 bits per heavy atom. The maximum Gasteiger partial charge on any atom is 0.243 e. The van der Waals surface area contributed by atoms with E-state index in [1.54, 1.807) is 6.33 Å². The minimum Gasteiger partial charge on any atom is -0.471 e. The summed E-state index contributed by atoms with van der Waals surface area (Å²) in [7, 11) is 0. The van der Waals surface area contributed by atoms with E-state index in [-0.39, 0.29) is 0 Å². The minimum atomic E-state index is 0.452. The number of imidazole rings is 1. The Morgan fingerprint density at radius 2 is 1.90 bits per heavy atom. The van der Waals surface area contributed by atoms with Gasteiger partial charge in [0.25, 0.3) is 0 Å². The van der Waals surface area contributed by atoms with Gasteiger partial charge in [0.15, 0.2) is 5.65 Å². The second kappa shape index (κ2) is 5.88. The topological polar surface area (TPSA) is 89.7 Å². The first-order valence-electron chi connectivity index (χ1n) is 6.84. The monoisotopic (exact) mass is 283 g/mol. The molecule has 0 radical (unpaired) electrons. The molecule has 0 atom stereocenters. The summed E-state index contributed by atoms with van der Waals surface area (Å²) in [6.45, 7) is 2.93. The van der Waals surface area contributed by atoms with Gasteiger partial charge in [0, 0.05) is 0 Å². The van der Waals surface area contributed by atoms with Crippen molar-refractivity contribution in [3.05, 3.63) is 47.5 Å². The number of aryl methyl sites for hydroxylation is 1. The van der Waals surface area contributed by atoms with E-state index in [2.05, 4.69) is 32.1 Å². The fourth-order valence-electron chi connectivity index (χ4n) is 2.14. The molecular weight excluding hydrogens is 266 g/mol. The highest BCUT2D eigenvalue weighted by Gasteiger charge is 2.09. The Bertz CT molecular complexity index is 735. The second-order valence-electron chi connectivity index (χ2n) is 4.82. The molecule has 3 aromatic rings. The Hall–Kier alpha value is -2.47. The molecule has 0 aliphatic heterocycles. The molecule has 0 aliphatic carbocycles. The highest BCUT2D eigenvalue weighted by atomic mass is 16.5. The summed E-state index contributed by atoms with van der Waals surface area (Å²) in [5.41, 5.74) is 9.20. The lowest BCUT2D eigenvalue weighted by atomic mass is 10.1. The van der Waals surface area contributed by atoms with Crippen LogP contribution < -0.4 is 10.5 Å². The van der Waals surface area contributed by atoms with Crippen LogP contribution in [-0.4, -0.2) is 26.5 Å². The Balaban J connectivity index is 1.75. The summed E-state index contributed by atoms with van der Waals surface area (Å²) in [5, 5.41) is 0. The van der Waals surface area contributed by atoms with Gasteiger partial charge in [0.05, 0.1) is 6.33 Å². The van der Waals surface area contributed by atoms with Crippen molar-refractivity contribution in [1.29, 1.82) is 0 Å². The van der Waals surface area contributed by atoms with Crippen LogP contribution in [0.5, 0.6) is 5.88 Å². The van der Waals surface area contributed by atoms with Crippen molar-refractivity contribution in [2.24, 2.45) is 5.73 Å². The zero-order chi connectivity index (χ0) is 14.7. The number of aromatic nitrogens is 4. The molecule has 0 amide bonds. The third-order valence-electron chi connectivity index (χ3n) is 3.20. The standard InChI is InChI=1S/C15H17N5O/c1-10-19-14-13(17-9-18-14)15(20-10)21-8-12-4-2-11(3-5-12)6-7-16/h2-5,9H,6-8,16H2,1H3,(H,17,18,19,20). The van der Waals surface area contributed by atoms with E-state index in [1.807, 2.05) is 19.1 Å². The third-order valence-corrected chi connectivity index (χ3v) is 3.20. The van der Waals surface area contributed by atoms with Gasteiger partial charge in [-0.05, 0) is 31.0 Å². The van der Waals surface area contributed by atoms with Crippen LogP contribution in [0, 0.1) is 6.92 Å². The van der Waals surface area contributed by atoms with Gasteiger partial charge in [-0.1, -0.05) is 24.3 Å². The molecule has 108 valence electrons. The van der Waals surface area contributed by atoms with E-state index >= 15 is 0 Å². The van der Waals surface area contributed by atoms with Crippen LogP contribution in [-0.2, 0) is 13.0 Å². The van der Waals surface area contributed by atoms with Crippen molar-refractivity contribution < 1.29 is 4.74 Å². The van der Waals surface area contributed by atoms with E-state index in [0.717, 1.165) is 17.5 Å². The van der Waals surface area contributed by atoms with Crippen molar-refractivity contribution in [1.82, 2.24) is 19.9 Å². The predicted octanol–water partition coefficient (Wildman–Crippen LogP) is 1.74. The quantitative estimate of drug-likeness (QED) is 0.744. The summed E-state index contributed by atoms with van der Waals surface area (Å²) in [4.78, 5) is 15.7. The summed E-state index contributed by atoms with van der Waals surface area (Å²) < 4.78 is 5.80. The summed E-state index contributed by atoms with van der Waals surface area (Å²) in [6.07, 6.45) is 2.48. The van der Waals surface area contributed by atoms with E-state index in [4.69, 9.17) is 10.5 Å². The minimum absolute atomic E-state index is 0.452. The number of aromatic amines is 1. The molecule has 21 heavy (non-hydrogen) atoms. The lowest BCUT2D eigenvalue weighted by Gasteiger charge is -2.07. The summed E-state index contributed by atoms with van der Waals surface area (Å²) in [5.74, 6) is 1.17. The molecule has 0 unspecified atom stereocenters. The molecule has 6 nitrogen and oxygen atoms in total. The zero-order valence-electron chi connectivity index (χ0n) is 11.8. The molecule has 2 aromatic heterocycles. The van der Waals surface area contributed by atoms with Crippen LogP contribution in [0.4, 0.5) is 0 Å². The van der Waals surface area contributed by atoms with Crippen LogP contribution in [0.25, 0.3) is 11.2 Å². The normalized spacial score (nSPS) is 11.0. The number of hydrogen-bond acceptors (Lipinski definition) is 5. The molecule has 3 rings (SSSR count). The number of nitrogens with one attached hydrogen (secondary N) is 1. The molecule has 0 bridgehead atoms. The molecule has 0 saturated heterocycles. The number of rotatable bonds is 5. The van der Waals surface area contributed by atoms with Crippen molar-refractivity contribution in [2.45, 2.75) is 20.0 Å². The van der Waals surface area contributed by atoms with Gasteiger partial charge in [0.2, 0.25) is 5.88 Å². The number of H-pyrrole nitrogens is 1. The van der Waals surface area contributed by atoms with Crippen molar-refractivity contribution >= 4 is 11.2 Å². The van der Waals surface area contributed by atoms with Crippen LogP contribution in [0.1, 0.15) is 17.0 Å².